The number of benzene rings is 2. The van der Waals surface area contributed by atoms with E-state index in [9.17, 15) is 4.79 Å². The van der Waals surface area contributed by atoms with Gasteiger partial charge in [0.2, 0.25) is 0 Å². The van der Waals surface area contributed by atoms with E-state index in [0.717, 1.165) is 16.8 Å². The Hall–Kier alpha value is -2.72. The van der Waals surface area contributed by atoms with E-state index < -0.39 is 6.04 Å². The van der Waals surface area contributed by atoms with Crippen molar-refractivity contribution >= 4 is 5.78 Å². The van der Waals surface area contributed by atoms with E-state index in [1.807, 2.05) is 24.3 Å². The van der Waals surface area contributed by atoms with Crippen molar-refractivity contribution < 1.29 is 4.79 Å². The Morgan fingerprint density at radius 2 is 1.68 bits per heavy atom. The molecule has 0 spiro atoms. The molecule has 0 aliphatic rings. The van der Waals surface area contributed by atoms with Crippen LogP contribution in [0.25, 0.3) is 11.1 Å². The number of aromatic amines is 1. The highest BCUT2D eigenvalue weighted by atomic mass is 16.1. The number of carbonyl (C=O) groups is 1. The molecule has 1 aromatic heterocycles. The van der Waals surface area contributed by atoms with E-state index in [1.165, 1.54) is 11.1 Å². The molecule has 1 atom stereocenters. The molecule has 0 aliphatic heterocycles. The number of Topliss-reactive ketones (excluding diaryl/α,β-unsaturated/α-hetero) is 1. The van der Waals surface area contributed by atoms with Gasteiger partial charge in [-0.2, -0.15) is 0 Å². The third kappa shape index (κ3) is 4.88. The summed E-state index contributed by atoms with van der Waals surface area (Å²) in [5, 5.41) is 0. The number of carbonyl (C=O) groups excluding carboxylic acids is 1. The van der Waals surface area contributed by atoms with Gasteiger partial charge in [-0.15, -0.1) is 0 Å². The zero-order valence-corrected chi connectivity index (χ0v) is 13.7. The average molecular weight is 335 g/mol. The zero-order chi connectivity index (χ0) is 16.9. The largest absolute Gasteiger partial charge is 0.348 e. The fourth-order valence-electron chi connectivity index (χ4n) is 2.64. The van der Waals surface area contributed by atoms with Gasteiger partial charge < -0.3 is 10.7 Å². The Kier molecular flexibility index (Phi) is 6.25. The molecule has 25 heavy (non-hydrogen) atoms. The van der Waals surface area contributed by atoms with Gasteiger partial charge in [0.05, 0.1) is 12.4 Å². The van der Waals surface area contributed by atoms with Crippen LogP contribution in [0.4, 0.5) is 0 Å². The van der Waals surface area contributed by atoms with Crippen molar-refractivity contribution in [1.82, 2.24) is 9.97 Å². The highest BCUT2D eigenvalue weighted by Gasteiger charge is 2.15. The molecule has 2 aromatic carbocycles. The minimum absolute atomic E-state index is 0. The SMILES string of the molecule is C.Cc1ccc(-c2ccc(CC(=O)[C@@H](N)Cc3cnc[nH]3)cc2)cc1. The number of nitrogens with zero attached hydrogens (tertiary/aromatic N) is 1. The van der Waals surface area contributed by atoms with Gasteiger partial charge in [0.15, 0.2) is 5.78 Å². The van der Waals surface area contributed by atoms with E-state index in [-0.39, 0.29) is 13.2 Å². The third-order valence-electron chi connectivity index (χ3n) is 4.13. The number of H-pyrrole nitrogens is 1. The molecule has 3 rings (SSSR count). The first-order valence-electron chi connectivity index (χ1n) is 8.03. The fraction of sp³-hybridized carbons (Fsp3) is 0.238. The predicted molar refractivity (Wildman–Crippen MR) is 102 cm³/mol. The summed E-state index contributed by atoms with van der Waals surface area (Å²) in [5.41, 5.74) is 11.4. The van der Waals surface area contributed by atoms with E-state index in [4.69, 9.17) is 5.73 Å². The van der Waals surface area contributed by atoms with E-state index >= 15 is 0 Å². The second-order valence-corrected chi connectivity index (χ2v) is 6.09. The maximum Gasteiger partial charge on any atom is 0.154 e. The van der Waals surface area contributed by atoms with Gasteiger partial charge in [0, 0.05) is 24.7 Å². The Bertz CT molecular complexity index is 790. The van der Waals surface area contributed by atoms with E-state index in [1.54, 1.807) is 12.5 Å². The molecule has 3 aromatic rings. The summed E-state index contributed by atoms with van der Waals surface area (Å²) in [6.45, 7) is 2.07. The minimum Gasteiger partial charge on any atom is -0.348 e. The van der Waals surface area contributed by atoms with Crippen LogP contribution in [0.5, 0.6) is 0 Å². The number of imidazole rings is 1. The van der Waals surface area contributed by atoms with E-state index in [2.05, 4.69) is 41.2 Å². The van der Waals surface area contributed by atoms with Crippen molar-refractivity contribution in [3.8, 4) is 11.1 Å². The molecule has 0 saturated heterocycles. The van der Waals surface area contributed by atoms with Gasteiger partial charge in [-0.1, -0.05) is 61.5 Å². The standard InChI is InChI=1S/C20H21N3O.CH4/c1-14-2-6-16(7-3-14)17-8-4-15(5-9-17)10-20(24)19(21)11-18-12-22-13-23-18;/h2-9,12-13,19H,10-11,21H2,1H3,(H,22,23);1H4/t19-;/m0./s1. The van der Waals surface area contributed by atoms with Gasteiger partial charge in [-0.05, 0) is 23.6 Å². The molecule has 0 saturated carbocycles. The molecular formula is C21H25N3O. The average Bonchev–Trinajstić information content (AvgIpc) is 3.09. The Labute approximate surface area is 149 Å². The van der Waals surface area contributed by atoms with Crippen LogP contribution in [-0.2, 0) is 17.6 Å². The number of hydrogen-bond acceptors (Lipinski definition) is 3. The number of hydrogen-bond donors (Lipinski definition) is 2. The number of aromatic nitrogens is 2. The summed E-state index contributed by atoms with van der Waals surface area (Å²) >= 11 is 0. The highest BCUT2D eigenvalue weighted by Crippen LogP contribution is 2.20. The molecule has 0 amide bonds. The topological polar surface area (TPSA) is 71.8 Å². The molecule has 4 heteroatoms. The molecule has 0 bridgehead atoms. The van der Waals surface area contributed by atoms with E-state index in [0.29, 0.717) is 12.8 Å². The summed E-state index contributed by atoms with van der Waals surface area (Å²) < 4.78 is 0. The molecule has 130 valence electrons. The summed E-state index contributed by atoms with van der Waals surface area (Å²) in [6, 6.07) is 16.0. The summed E-state index contributed by atoms with van der Waals surface area (Å²) in [7, 11) is 0. The lowest BCUT2D eigenvalue weighted by molar-refractivity contribution is -0.119. The van der Waals surface area contributed by atoms with Gasteiger partial charge in [0.1, 0.15) is 0 Å². The van der Waals surface area contributed by atoms with Crippen LogP contribution >= 0.6 is 0 Å². The van der Waals surface area contributed by atoms with Crippen LogP contribution in [0.1, 0.15) is 24.2 Å². The van der Waals surface area contributed by atoms with Crippen LogP contribution in [0.2, 0.25) is 0 Å². The molecular weight excluding hydrogens is 310 g/mol. The molecule has 0 unspecified atom stereocenters. The molecule has 1 heterocycles. The number of aryl methyl sites for hydroxylation is 1. The zero-order valence-electron chi connectivity index (χ0n) is 13.7. The first-order chi connectivity index (χ1) is 11.6. The van der Waals surface area contributed by atoms with Gasteiger partial charge >= 0.3 is 0 Å². The molecule has 0 fully saturated rings. The second-order valence-electron chi connectivity index (χ2n) is 6.09. The van der Waals surface area contributed by atoms with Crippen LogP contribution in [0, 0.1) is 6.92 Å². The minimum atomic E-state index is -0.512. The maximum atomic E-state index is 12.3. The van der Waals surface area contributed by atoms with Gasteiger partial charge in [-0.25, -0.2) is 4.98 Å². The maximum absolute atomic E-state index is 12.3. The third-order valence-corrected chi connectivity index (χ3v) is 4.13. The monoisotopic (exact) mass is 335 g/mol. The normalized spacial score (nSPS) is 11.6. The summed E-state index contributed by atoms with van der Waals surface area (Å²) in [4.78, 5) is 19.2. The highest BCUT2D eigenvalue weighted by molar-refractivity contribution is 5.86. The van der Waals surface area contributed by atoms with Gasteiger partial charge in [0.25, 0.3) is 0 Å². The van der Waals surface area contributed by atoms with Crippen molar-refractivity contribution in [3.05, 3.63) is 77.9 Å². The Morgan fingerprint density at radius 1 is 1.08 bits per heavy atom. The second kappa shape index (κ2) is 8.40. The van der Waals surface area contributed by atoms with Crippen molar-refractivity contribution in [2.45, 2.75) is 33.2 Å². The van der Waals surface area contributed by atoms with Crippen molar-refractivity contribution in [1.29, 1.82) is 0 Å². The van der Waals surface area contributed by atoms with Crippen molar-refractivity contribution in [2.75, 3.05) is 0 Å². The molecule has 0 radical (unpaired) electrons. The lowest BCUT2D eigenvalue weighted by Crippen LogP contribution is -2.34. The predicted octanol–water partition coefficient (Wildman–Crippen LogP) is 3.70. The lowest BCUT2D eigenvalue weighted by Gasteiger charge is -2.10. The number of nitrogens with one attached hydrogen (secondary N) is 1. The van der Waals surface area contributed by atoms with Crippen LogP contribution in [-0.4, -0.2) is 21.8 Å². The summed E-state index contributed by atoms with van der Waals surface area (Å²) in [5.74, 6) is 0.0349. The Morgan fingerprint density at radius 3 is 2.24 bits per heavy atom. The first kappa shape index (κ1) is 18.6. The van der Waals surface area contributed by atoms with Crippen molar-refractivity contribution in [2.24, 2.45) is 5.73 Å². The number of rotatable bonds is 6. The van der Waals surface area contributed by atoms with Crippen molar-refractivity contribution in [3.63, 3.8) is 0 Å². The van der Waals surface area contributed by atoms with Crippen LogP contribution in [0.15, 0.2) is 61.1 Å². The molecule has 3 N–H and O–H groups in total. The number of ketones is 1. The quantitative estimate of drug-likeness (QED) is 0.721. The molecule has 4 nitrogen and oxygen atoms in total. The summed E-state index contributed by atoms with van der Waals surface area (Å²) in [6.07, 6.45) is 4.13. The smallest absolute Gasteiger partial charge is 0.154 e. The van der Waals surface area contributed by atoms with Crippen LogP contribution in [0.3, 0.4) is 0 Å². The first-order valence-corrected chi connectivity index (χ1v) is 8.03. The fourth-order valence-corrected chi connectivity index (χ4v) is 2.64. The Balaban J connectivity index is 0.00000225. The van der Waals surface area contributed by atoms with Gasteiger partial charge in [-0.3, -0.25) is 4.79 Å². The lowest BCUT2D eigenvalue weighted by atomic mass is 9.98. The molecule has 0 aliphatic carbocycles. The number of nitrogens with two attached hydrogens (primary N) is 1. The van der Waals surface area contributed by atoms with Crippen LogP contribution < -0.4 is 5.73 Å².